The molecule has 0 unspecified atom stereocenters. The summed E-state index contributed by atoms with van der Waals surface area (Å²) in [5.41, 5.74) is 0.794. The number of carbonyl (C=O) groups is 1. The zero-order valence-electron chi connectivity index (χ0n) is 16.9. The fraction of sp³-hybridized carbons (Fsp3) is 0.850. The molecule has 2 rings (SSSR count). The average molecular weight is 369 g/mol. The van der Waals surface area contributed by atoms with E-state index in [0.717, 1.165) is 25.0 Å². The highest BCUT2D eigenvalue weighted by Gasteiger charge is 2.39. The molecular formula is C20H36O4Si. The maximum Gasteiger partial charge on any atom is 0.334 e. The Morgan fingerprint density at radius 3 is 2.48 bits per heavy atom. The molecule has 4 nitrogen and oxygen atoms in total. The topological polar surface area (TPSA) is 48.1 Å². The summed E-state index contributed by atoms with van der Waals surface area (Å²) in [4.78, 5) is 12.0. The predicted octanol–water partition coefficient (Wildman–Crippen LogP) is 4.99. The van der Waals surface area contributed by atoms with Crippen LogP contribution in [0.2, 0.25) is 18.1 Å². The van der Waals surface area contributed by atoms with Crippen molar-refractivity contribution in [3.63, 3.8) is 0 Å². The third kappa shape index (κ3) is 6.54. The van der Waals surface area contributed by atoms with Crippen LogP contribution in [0.3, 0.4) is 0 Å². The number of hydrogen-bond donors (Lipinski definition) is 0. The van der Waals surface area contributed by atoms with Crippen molar-refractivity contribution in [2.24, 2.45) is 0 Å². The molecule has 0 saturated carbocycles. The molecule has 0 spiro atoms. The van der Waals surface area contributed by atoms with Crippen molar-refractivity contribution < 1.29 is 18.7 Å². The van der Waals surface area contributed by atoms with E-state index in [1.807, 2.05) is 13.0 Å². The SMILES string of the molecule is C[C@H]1C=C(C[C@@H](CCCCC[C@@H]2CO2)O[Si](C)(C)C(C)(C)C)C(=O)O1. The van der Waals surface area contributed by atoms with E-state index in [1.54, 1.807) is 0 Å². The Hall–Kier alpha value is -0.653. The number of rotatable bonds is 10. The lowest BCUT2D eigenvalue weighted by molar-refractivity contribution is -0.139. The monoisotopic (exact) mass is 368 g/mol. The van der Waals surface area contributed by atoms with Crippen molar-refractivity contribution in [2.75, 3.05) is 6.61 Å². The van der Waals surface area contributed by atoms with Gasteiger partial charge in [0.25, 0.3) is 0 Å². The van der Waals surface area contributed by atoms with Gasteiger partial charge in [-0.2, -0.15) is 0 Å². The van der Waals surface area contributed by atoms with E-state index < -0.39 is 8.32 Å². The van der Waals surface area contributed by atoms with Gasteiger partial charge in [-0.25, -0.2) is 4.79 Å². The Morgan fingerprint density at radius 1 is 1.28 bits per heavy atom. The van der Waals surface area contributed by atoms with Gasteiger partial charge in [-0.05, 0) is 44.0 Å². The highest BCUT2D eigenvalue weighted by molar-refractivity contribution is 6.74. The molecule has 144 valence electrons. The Morgan fingerprint density at radius 2 is 1.96 bits per heavy atom. The first kappa shape index (κ1) is 20.7. The second-order valence-electron chi connectivity index (χ2n) is 9.10. The van der Waals surface area contributed by atoms with Gasteiger partial charge in [-0.15, -0.1) is 0 Å². The van der Waals surface area contributed by atoms with E-state index in [2.05, 4.69) is 33.9 Å². The summed E-state index contributed by atoms with van der Waals surface area (Å²) in [6.45, 7) is 14.2. The summed E-state index contributed by atoms with van der Waals surface area (Å²) in [5.74, 6) is -0.165. The third-order valence-corrected chi connectivity index (χ3v) is 10.2. The number of epoxide rings is 1. The summed E-state index contributed by atoms with van der Waals surface area (Å²) in [7, 11) is -1.85. The van der Waals surface area contributed by atoms with Gasteiger partial charge >= 0.3 is 5.97 Å². The van der Waals surface area contributed by atoms with Gasteiger partial charge in [0, 0.05) is 18.1 Å². The maximum absolute atomic E-state index is 12.0. The molecule has 1 fully saturated rings. The molecule has 2 heterocycles. The van der Waals surface area contributed by atoms with E-state index in [0.29, 0.717) is 12.5 Å². The van der Waals surface area contributed by atoms with Crippen LogP contribution < -0.4 is 0 Å². The van der Waals surface area contributed by atoms with Crippen molar-refractivity contribution in [1.29, 1.82) is 0 Å². The quantitative estimate of drug-likeness (QED) is 0.236. The molecule has 0 aromatic carbocycles. The molecule has 25 heavy (non-hydrogen) atoms. The van der Waals surface area contributed by atoms with Crippen molar-refractivity contribution in [3.05, 3.63) is 11.6 Å². The molecule has 2 aliphatic heterocycles. The molecule has 0 bridgehead atoms. The minimum Gasteiger partial charge on any atom is -0.455 e. The molecule has 0 aromatic rings. The molecule has 1 saturated heterocycles. The van der Waals surface area contributed by atoms with Crippen LogP contribution in [-0.2, 0) is 18.7 Å². The van der Waals surface area contributed by atoms with Crippen molar-refractivity contribution in [3.8, 4) is 0 Å². The van der Waals surface area contributed by atoms with Crippen molar-refractivity contribution >= 4 is 14.3 Å². The Kier molecular flexibility index (Phi) is 6.91. The van der Waals surface area contributed by atoms with E-state index >= 15 is 0 Å². The van der Waals surface area contributed by atoms with E-state index in [9.17, 15) is 4.79 Å². The van der Waals surface area contributed by atoms with Crippen LogP contribution in [0.5, 0.6) is 0 Å². The summed E-state index contributed by atoms with van der Waals surface area (Å²) < 4.78 is 17.2. The van der Waals surface area contributed by atoms with E-state index in [-0.39, 0.29) is 23.2 Å². The normalized spacial score (nSPS) is 24.9. The smallest absolute Gasteiger partial charge is 0.334 e. The molecular weight excluding hydrogens is 332 g/mol. The fourth-order valence-corrected chi connectivity index (χ4v) is 4.37. The van der Waals surface area contributed by atoms with Crippen LogP contribution in [0.25, 0.3) is 0 Å². The summed E-state index contributed by atoms with van der Waals surface area (Å²) in [6.07, 6.45) is 8.94. The zero-order chi connectivity index (χ0) is 18.7. The standard InChI is InChI=1S/C20H36O4Si/c1-15-12-16(19(21)23-15)13-17(24-25(5,6)20(2,3)4)10-8-7-9-11-18-14-22-18/h12,15,17-18H,7-11,13-14H2,1-6H3/t15-,17+,18+/m0/s1. The predicted molar refractivity (Wildman–Crippen MR) is 103 cm³/mol. The molecule has 0 aliphatic carbocycles. The first-order valence-electron chi connectivity index (χ1n) is 9.79. The molecule has 5 heteroatoms. The highest BCUT2D eigenvalue weighted by atomic mass is 28.4. The Labute approximate surface area is 154 Å². The average Bonchev–Trinajstić information content (AvgIpc) is 3.23. The molecule has 0 radical (unpaired) electrons. The molecule has 2 aliphatic rings. The molecule has 0 N–H and O–H groups in total. The first-order valence-corrected chi connectivity index (χ1v) is 12.7. The van der Waals surface area contributed by atoms with Gasteiger partial charge in [0.05, 0.1) is 12.7 Å². The molecule has 0 aromatic heterocycles. The number of carbonyl (C=O) groups excluding carboxylic acids is 1. The van der Waals surface area contributed by atoms with E-state index in [1.165, 1.54) is 19.3 Å². The second-order valence-corrected chi connectivity index (χ2v) is 13.9. The van der Waals surface area contributed by atoms with Gasteiger partial charge in [-0.3, -0.25) is 0 Å². The van der Waals surface area contributed by atoms with Crippen LogP contribution in [0.15, 0.2) is 11.6 Å². The number of esters is 1. The number of hydrogen-bond acceptors (Lipinski definition) is 4. The van der Waals surface area contributed by atoms with Crippen LogP contribution in [0.4, 0.5) is 0 Å². The van der Waals surface area contributed by atoms with Crippen LogP contribution in [0.1, 0.15) is 66.2 Å². The number of ether oxygens (including phenoxy) is 2. The summed E-state index contributed by atoms with van der Waals surface area (Å²) >= 11 is 0. The maximum atomic E-state index is 12.0. The fourth-order valence-electron chi connectivity index (χ4n) is 2.98. The highest BCUT2D eigenvalue weighted by Crippen LogP contribution is 2.39. The third-order valence-electron chi connectivity index (χ3n) is 5.66. The van der Waals surface area contributed by atoms with Gasteiger partial charge in [-0.1, -0.05) is 40.0 Å². The number of unbranched alkanes of at least 4 members (excludes halogenated alkanes) is 2. The van der Waals surface area contributed by atoms with Crippen molar-refractivity contribution in [1.82, 2.24) is 0 Å². The van der Waals surface area contributed by atoms with Crippen LogP contribution >= 0.6 is 0 Å². The van der Waals surface area contributed by atoms with Gasteiger partial charge in [0.1, 0.15) is 6.10 Å². The second kappa shape index (κ2) is 8.36. The zero-order valence-corrected chi connectivity index (χ0v) is 17.9. The lowest BCUT2D eigenvalue weighted by Gasteiger charge is -2.39. The Bertz CT molecular complexity index is 488. The minimum absolute atomic E-state index is 0.102. The largest absolute Gasteiger partial charge is 0.455 e. The van der Waals surface area contributed by atoms with Crippen molar-refractivity contribution in [2.45, 2.75) is 103 Å². The summed E-state index contributed by atoms with van der Waals surface area (Å²) in [6, 6.07) is 0. The van der Waals surface area contributed by atoms with Crippen LogP contribution in [0, 0.1) is 0 Å². The van der Waals surface area contributed by atoms with Gasteiger partial charge in [0.2, 0.25) is 0 Å². The number of cyclic esters (lactones) is 1. The van der Waals surface area contributed by atoms with Crippen LogP contribution in [-0.4, -0.2) is 39.2 Å². The molecule has 3 atom stereocenters. The first-order chi connectivity index (χ1) is 11.6. The lowest BCUT2D eigenvalue weighted by Crippen LogP contribution is -2.44. The minimum atomic E-state index is -1.85. The van der Waals surface area contributed by atoms with Gasteiger partial charge in [0.15, 0.2) is 8.32 Å². The Balaban J connectivity index is 1.89. The summed E-state index contributed by atoms with van der Waals surface area (Å²) in [5, 5.41) is 0.173. The van der Waals surface area contributed by atoms with E-state index in [4.69, 9.17) is 13.9 Å². The lowest BCUT2D eigenvalue weighted by atomic mass is 10.0. The van der Waals surface area contributed by atoms with Gasteiger partial charge < -0.3 is 13.9 Å². The molecule has 0 amide bonds.